The van der Waals surface area contributed by atoms with E-state index >= 15 is 0 Å². The summed E-state index contributed by atoms with van der Waals surface area (Å²) in [5.41, 5.74) is 9.83. The summed E-state index contributed by atoms with van der Waals surface area (Å²) in [4.78, 5) is 0. The molecule has 0 fully saturated rings. The van der Waals surface area contributed by atoms with Gasteiger partial charge in [0.2, 0.25) is 0 Å². The zero-order chi connectivity index (χ0) is 30.2. The van der Waals surface area contributed by atoms with Crippen molar-refractivity contribution in [2.45, 2.75) is 40.0 Å². The molecule has 0 radical (unpaired) electrons. The first-order chi connectivity index (χ1) is 21.3. The minimum atomic E-state index is -0.0115. The molecule has 0 aliphatic rings. The van der Waals surface area contributed by atoms with Gasteiger partial charge in [-0.05, 0) is 64.6 Å². The summed E-state index contributed by atoms with van der Waals surface area (Å²) in [6.07, 6.45) is 4.10. The highest BCUT2D eigenvalue weighted by molar-refractivity contribution is 6.25. The van der Waals surface area contributed by atoms with Crippen LogP contribution in [0.4, 0.5) is 0 Å². The molecule has 0 saturated heterocycles. The molecule has 2 heterocycles. The number of para-hydroxylation sites is 3. The summed E-state index contributed by atoms with van der Waals surface area (Å²) < 4.78 is 13.2. The summed E-state index contributed by atoms with van der Waals surface area (Å²) in [5.74, 6) is 0.909. The number of aryl methyl sites for hydroxylation is 1. The van der Waals surface area contributed by atoms with E-state index in [2.05, 4.69) is 131 Å². The van der Waals surface area contributed by atoms with Gasteiger partial charge in [-0.15, -0.1) is 0 Å². The van der Waals surface area contributed by atoms with Gasteiger partial charge in [-0.2, -0.15) is 0 Å². The van der Waals surface area contributed by atoms with E-state index < -0.39 is 0 Å². The highest BCUT2D eigenvalue weighted by atomic mass is 16.3. The average Bonchev–Trinajstić information content (AvgIpc) is 3.57. The Labute approximate surface area is 257 Å². The topological polar surface area (TPSA) is 26.3 Å². The van der Waals surface area contributed by atoms with E-state index in [4.69, 9.17) is 8.83 Å². The SMILES string of the molecule is C/C=C\c1oc2c(-c3c4ccccc4c(-c4cccc5c4oc4ccccc45)c4ccc(C(C)(C)C)cc34)cccc2c1C. The smallest absolute Gasteiger partial charge is 0.143 e. The molecule has 0 N–H and O–H groups in total. The van der Waals surface area contributed by atoms with E-state index in [1.807, 2.05) is 19.1 Å². The Morgan fingerprint density at radius 3 is 1.80 bits per heavy atom. The molecule has 2 heteroatoms. The van der Waals surface area contributed by atoms with Gasteiger partial charge in [-0.3, -0.25) is 0 Å². The molecule has 8 rings (SSSR count). The van der Waals surface area contributed by atoms with Crippen molar-refractivity contribution < 1.29 is 8.83 Å². The third kappa shape index (κ3) is 3.87. The Morgan fingerprint density at radius 2 is 1.11 bits per heavy atom. The first-order valence-electron chi connectivity index (χ1n) is 15.4. The summed E-state index contributed by atoms with van der Waals surface area (Å²) in [6.45, 7) is 11.0. The maximum Gasteiger partial charge on any atom is 0.143 e. The van der Waals surface area contributed by atoms with Crippen molar-refractivity contribution in [1.29, 1.82) is 0 Å². The summed E-state index contributed by atoms with van der Waals surface area (Å²) >= 11 is 0. The van der Waals surface area contributed by atoms with E-state index in [1.165, 1.54) is 38.2 Å². The zero-order valence-electron chi connectivity index (χ0n) is 25.8. The third-order valence-electron chi connectivity index (χ3n) is 9.15. The summed E-state index contributed by atoms with van der Waals surface area (Å²) in [6, 6.07) is 37.2. The molecule has 2 aromatic heterocycles. The normalized spacial score (nSPS) is 12.6. The van der Waals surface area contributed by atoms with Crippen molar-refractivity contribution in [2.75, 3.05) is 0 Å². The Morgan fingerprint density at radius 1 is 0.545 bits per heavy atom. The van der Waals surface area contributed by atoms with Gasteiger partial charge in [-0.25, -0.2) is 0 Å². The fourth-order valence-electron chi connectivity index (χ4n) is 6.94. The van der Waals surface area contributed by atoms with Crippen LogP contribution in [0.15, 0.2) is 118 Å². The summed E-state index contributed by atoms with van der Waals surface area (Å²) in [5, 5.41) is 8.24. The second-order valence-electron chi connectivity index (χ2n) is 12.9. The van der Waals surface area contributed by atoms with Gasteiger partial charge < -0.3 is 8.83 Å². The lowest BCUT2D eigenvalue weighted by Crippen LogP contribution is -2.10. The molecule has 0 bridgehead atoms. The van der Waals surface area contributed by atoms with Gasteiger partial charge >= 0.3 is 0 Å². The van der Waals surface area contributed by atoms with E-state index in [0.717, 1.165) is 55.4 Å². The molecule has 0 atom stereocenters. The molecular weight excluding hydrogens is 536 g/mol. The van der Waals surface area contributed by atoms with Crippen molar-refractivity contribution in [3.05, 3.63) is 126 Å². The van der Waals surface area contributed by atoms with Crippen LogP contribution < -0.4 is 0 Å². The molecule has 8 aromatic rings. The minimum absolute atomic E-state index is 0.0115. The van der Waals surface area contributed by atoms with Crippen molar-refractivity contribution in [3.63, 3.8) is 0 Å². The van der Waals surface area contributed by atoms with Gasteiger partial charge in [0.25, 0.3) is 0 Å². The molecule has 6 aromatic carbocycles. The highest BCUT2D eigenvalue weighted by Crippen LogP contribution is 2.48. The molecule has 214 valence electrons. The molecule has 0 amide bonds. The number of allylic oxidation sites excluding steroid dienone is 1. The molecule has 0 aliphatic carbocycles. The second kappa shape index (κ2) is 9.72. The largest absolute Gasteiger partial charge is 0.456 e. The Balaban J connectivity index is 1.57. The third-order valence-corrected chi connectivity index (χ3v) is 9.15. The lowest BCUT2D eigenvalue weighted by Gasteiger charge is -2.23. The van der Waals surface area contributed by atoms with Crippen molar-refractivity contribution in [1.82, 2.24) is 0 Å². The van der Waals surface area contributed by atoms with Gasteiger partial charge in [0.15, 0.2) is 0 Å². The maximum absolute atomic E-state index is 6.62. The van der Waals surface area contributed by atoms with Crippen LogP contribution in [0.1, 0.15) is 44.6 Å². The number of rotatable bonds is 3. The first-order valence-corrected chi connectivity index (χ1v) is 15.4. The van der Waals surface area contributed by atoms with E-state index in [-0.39, 0.29) is 5.41 Å². The van der Waals surface area contributed by atoms with Crippen LogP contribution in [0, 0.1) is 6.92 Å². The highest BCUT2D eigenvalue weighted by Gasteiger charge is 2.24. The quantitative estimate of drug-likeness (QED) is 0.198. The van der Waals surface area contributed by atoms with Crippen LogP contribution in [0.2, 0.25) is 0 Å². The van der Waals surface area contributed by atoms with E-state index in [0.29, 0.717) is 0 Å². The van der Waals surface area contributed by atoms with Crippen LogP contribution in [-0.4, -0.2) is 0 Å². The predicted octanol–water partition coefficient (Wildman–Crippen LogP) is 12.6. The van der Waals surface area contributed by atoms with Crippen LogP contribution in [0.5, 0.6) is 0 Å². The summed E-state index contributed by atoms with van der Waals surface area (Å²) in [7, 11) is 0. The van der Waals surface area contributed by atoms with E-state index in [1.54, 1.807) is 0 Å². The minimum Gasteiger partial charge on any atom is -0.456 e. The fraction of sp³-hybridized carbons (Fsp3) is 0.143. The number of benzene rings is 6. The Kier molecular flexibility index (Phi) is 5.86. The molecule has 0 unspecified atom stereocenters. The average molecular weight is 571 g/mol. The maximum atomic E-state index is 6.62. The number of hydrogen-bond donors (Lipinski definition) is 0. The van der Waals surface area contributed by atoms with Gasteiger partial charge in [0.1, 0.15) is 22.5 Å². The van der Waals surface area contributed by atoms with Crippen molar-refractivity contribution >= 4 is 60.5 Å². The van der Waals surface area contributed by atoms with Crippen LogP contribution in [0.3, 0.4) is 0 Å². The molecule has 0 spiro atoms. The van der Waals surface area contributed by atoms with Crippen LogP contribution in [0.25, 0.3) is 82.8 Å². The Hall–Kier alpha value is -5.08. The fourth-order valence-corrected chi connectivity index (χ4v) is 6.94. The number of hydrogen-bond acceptors (Lipinski definition) is 2. The molecular formula is C42H34O2. The monoisotopic (exact) mass is 570 g/mol. The molecule has 44 heavy (non-hydrogen) atoms. The van der Waals surface area contributed by atoms with Crippen molar-refractivity contribution in [3.8, 4) is 22.3 Å². The number of fused-ring (bicyclic) bond motifs is 6. The van der Waals surface area contributed by atoms with Crippen LogP contribution >= 0.6 is 0 Å². The molecule has 0 saturated carbocycles. The Bertz CT molecular complexity index is 2440. The van der Waals surface area contributed by atoms with Gasteiger partial charge in [0, 0.05) is 44.0 Å². The van der Waals surface area contributed by atoms with E-state index in [9.17, 15) is 0 Å². The lowest BCUT2D eigenvalue weighted by molar-refractivity contribution is 0.591. The van der Waals surface area contributed by atoms with Crippen molar-refractivity contribution in [2.24, 2.45) is 0 Å². The van der Waals surface area contributed by atoms with Gasteiger partial charge in [0.05, 0.1) is 0 Å². The molecule has 2 nitrogen and oxygen atoms in total. The zero-order valence-corrected chi connectivity index (χ0v) is 25.8. The predicted molar refractivity (Wildman–Crippen MR) is 188 cm³/mol. The lowest BCUT2D eigenvalue weighted by atomic mass is 9.81. The first kappa shape index (κ1) is 26.5. The standard InChI is InChI=1S/C42H34O2/c1-6-13-36-25(2)27-17-11-19-34(40(27)43-36)39-30-16-8-7-15-29(30)38(31-23-22-26(24-35(31)39)42(3,4)5)33-20-12-18-32-28-14-9-10-21-37(28)44-41(32)33/h6-24H,1-5H3/b13-6-. The molecule has 0 aliphatic heterocycles. The van der Waals surface area contributed by atoms with Gasteiger partial charge in [-0.1, -0.05) is 118 Å². The second-order valence-corrected chi connectivity index (χ2v) is 12.9. The number of furan rings is 2. The van der Waals surface area contributed by atoms with Crippen LogP contribution in [-0.2, 0) is 5.41 Å².